The van der Waals surface area contributed by atoms with Crippen molar-refractivity contribution in [3.8, 4) is 5.75 Å². The molecule has 16 heavy (non-hydrogen) atoms. The summed E-state index contributed by atoms with van der Waals surface area (Å²) in [5.74, 6) is 0.511. The van der Waals surface area contributed by atoms with E-state index in [4.69, 9.17) is 21.1 Å². The second kappa shape index (κ2) is 4.24. The fourth-order valence-electron chi connectivity index (χ4n) is 1.65. The number of sulfone groups is 1. The van der Waals surface area contributed by atoms with Crippen LogP contribution in [0.4, 0.5) is 0 Å². The molecule has 88 valence electrons. The molecule has 1 aliphatic heterocycles. The highest BCUT2D eigenvalue weighted by atomic mass is 35.5. The summed E-state index contributed by atoms with van der Waals surface area (Å²) in [6.45, 7) is 0.540. The van der Waals surface area contributed by atoms with Crippen LogP contribution in [0.2, 0.25) is 5.02 Å². The van der Waals surface area contributed by atoms with Crippen LogP contribution in [0.15, 0.2) is 12.1 Å². The first-order chi connectivity index (χ1) is 7.46. The Morgan fingerprint density at radius 2 is 2.19 bits per heavy atom. The van der Waals surface area contributed by atoms with Crippen molar-refractivity contribution in [2.75, 3.05) is 13.0 Å². The first kappa shape index (κ1) is 11.7. The summed E-state index contributed by atoms with van der Waals surface area (Å²) >= 11 is 5.90. The number of benzene rings is 1. The third kappa shape index (κ3) is 2.66. The van der Waals surface area contributed by atoms with Gasteiger partial charge in [0.25, 0.3) is 0 Å². The molecular weight excluding hydrogens is 252 g/mol. The van der Waals surface area contributed by atoms with Crippen molar-refractivity contribution in [2.24, 2.45) is 0 Å². The van der Waals surface area contributed by atoms with Gasteiger partial charge in [0.15, 0.2) is 16.6 Å². The van der Waals surface area contributed by atoms with Gasteiger partial charge < -0.3 is 9.47 Å². The predicted octanol–water partition coefficient (Wildman–Crippen LogP) is 1.75. The van der Waals surface area contributed by atoms with Gasteiger partial charge in [-0.25, -0.2) is 8.42 Å². The molecule has 0 radical (unpaired) electrons. The molecule has 4 nitrogen and oxygen atoms in total. The normalized spacial score (nSPS) is 15.4. The molecule has 0 atom stereocenters. The molecule has 1 aromatic rings. The lowest BCUT2D eigenvalue weighted by atomic mass is 10.1. The Hall–Kier alpha value is -0.780. The molecular formula is C10H11ClO4S. The average Bonchev–Trinajstić information content (AvgIpc) is 2.14. The number of fused-ring (bicyclic) bond motifs is 1. The highest BCUT2D eigenvalue weighted by Gasteiger charge is 2.18. The fourth-order valence-corrected chi connectivity index (χ4v) is 2.69. The SMILES string of the molecule is CS(=O)(=O)Cc1cc(Cl)cc2c1OCOC2. The van der Waals surface area contributed by atoms with E-state index in [0.717, 1.165) is 5.56 Å². The van der Waals surface area contributed by atoms with E-state index in [0.29, 0.717) is 22.9 Å². The van der Waals surface area contributed by atoms with Crippen molar-refractivity contribution in [1.29, 1.82) is 0 Å². The Kier molecular flexibility index (Phi) is 3.10. The molecule has 0 aliphatic carbocycles. The van der Waals surface area contributed by atoms with Crippen LogP contribution in [-0.4, -0.2) is 21.5 Å². The quantitative estimate of drug-likeness (QED) is 0.815. The number of ether oxygens (including phenoxy) is 2. The summed E-state index contributed by atoms with van der Waals surface area (Å²) in [6, 6.07) is 3.34. The van der Waals surface area contributed by atoms with Gasteiger partial charge in [0, 0.05) is 22.4 Å². The minimum Gasteiger partial charge on any atom is -0.467 e. The highest BCUT2D eigenvalue weighted by molar-refractivity contribution is 7.89. The fraction of sp³-hybridized carbons (Fsp3) is 0.400. The van der Waals surface area contributed by atoms with E-state index in [-0.39, 0.29) is 12.5 Å². The van der Waals surface area contributed by atoms with E-state index >= 15 is 0 Å². The van der Waals surface area contributed by atoms with Crippen LogP contribution in [0, 0.1) is 0 Å². The third-order valence-electron chi connectivity index (χ3n) is 2.17. The molecule has 6 heteroatoms. The van der Waals surface area contributed by atoms with Gasteiger partial charge in [-0.05, 0) is 12.1 Å². The molecule has 0 bridgehead atoms. The Labute approximate surface area is 99.0 Å². The van der Waals surface area contributed by atoms with Gasteiger partial charge in [0.1, 0.15) is 5.75 Å². The molecule has 1 aromatic carbocycles. The van der Waals surface area contributed by atoms with Crippen molar-refractivity contribution < 1.29 is 17.9 Å². The Morgan fingerprint density at radius 1 is 1.44 bits per heavy atom. The minimum atomic E-state index is -3.11. The maximum Gasteiger partial charge on any atom is 0.189 e. The van der Waals surface area contributed by atoms with Crippen molar-refractivity contribution >= 4 is 21.4 Å². The summed E-state index contributed by atoms with van der Waals surface area (Å²) in [4.78, 5) is 0. The smallest absolute Gasteiger partial charge is 0.189 e. The van der Waals surface area contributed by atoms with Gasteiger partial charge in [-0.1, -0.05) is 11.6 Å². The average molecular weight is 263 g/mol. The molecule has 0 amide bonds. The van der Waals surface area contributed by atoms with Crippen LogP contribution >= 0.6 is 11.6 Å². The first-order valence-corrected chi connectivity index (χ1v) is 7.09. The summed E-state index contributed by atoms with van der Waals surface area (Å²) < 4.78 is 33.0. The van der Waals surface area contributed by atoms with Gasteiger partial charge in [0.05, 0.1) is 12.4 Å². The molecule has 2 rings (SSSR count). The summed E-state index contributed by atoms with van der Waals surface area (Å²) in [5, 5.41) is 0.492. The number of halogens is 1. The van der Waals surface area contributed by atoms with Crippen molar-refractivity contribution in [2.45, 2.75) is 12.4 Å². The van der Waals surface area contributed by atoms with E-state index in [9.17, 15) is 8.42 Å². The molecule has 1 aliphatic rings. The number of hydrogen-bond acceptors (Lipinski definition) is 4. The van der Waals surface area contributed by atoms with Gasteiger partial charge >= 0.3 is 0 Å². The maximum atomic E-state index is 11.3. The first-order valence-electron chi connectivity index (χ1n) is 4.65. The zero-order chi connectivity index (χ0) is 11.8. The van der Waals surface area contributed by atoms with Gasteiger partial charge in [0.2, 0.25) is 0 Å². The summed E-state index contributed by atoms with van der Waals surface area (Å²) in [5.41, 5.74) is 1.38. The van der Waals surface area contributed by atoms with E-state index < -0.39 is 9.84 Å². The molecule has 0 saturated carbocycles. The van der Waals surface area contributed by atoms with Crippen molar-refractivity contribution in [1.82, 2.24) is 0 Å². The minimum absolute atomic E-state index is 0.0735. The Bertz CT molecular complexity index is 510. The maximum absolute atomic E-state index is 11.3. The van der Waals surface area contributed by atoms with Crippen LogP contribution in [-0.2, 0) is 26.9 Å². The zero-order valence-electron chi connectivity index (χ0n) is 8.70. The topological polar surface area (TPSA) is 52.6 Å². The van der Waals surface area contributed by atoms with Crippen LogP contribution in [0.25, 0.3) is 0 Å². The van der Waals surface area contributed by atoms with Gasteiger partial charge in [-0.3, -0.25) is 0 Å². The molecule has 0 unspecified atom stereocenters. The van der Waals surface area contributed by atoms with Crippen LogP contribution < -0.4 is 4.74 Å². The van der Waals surface area contributed by atoms with Crippen LogP contribution in [0.5, 0.6) is 5.75 Å². The molecule has 0 aromatic heterocycles. The standard InChI is InChI=1S/C10H11ClO4S/c1-16(12,13)5-8-3-9(11)2-7-4-14-6-15-10(7)8/h2-3H,4-6H2,1H3. The second-order valence-electron chi connectivity index (χ2n) is 3.73. The largest absolute Gasteiger partial charge is 0.467 e. The monoisotopic (exact) mass is 262 g/mol. The van der Waals surface area contributed by atoms with Gasteiger partial charge in [-0.15, -0.1) is 0 Å². The van der Waals surface area contributed by atoms with E-state index in [1.807, 2.05) is 0 Å². The lowest BCUT2D eigenvalue weighted by Crippen LogP contribution is -2.14. The lowest BCUT2D eigenvalue weighted by Gasteiger charge is -2.20. The van der Waals surface area contributed by atoms with Crippen molar-refractivity contribution in [3.63, 3.8) is 0 Å². The summed E-state index contributed by atoms with van der Waals surface area (Å²) in [7, 11) is -3.11. The molecule has 0 N–H and O–H groups in total. The Balaban J connectivity index is 2.47. The van der Waals surface area contributed by atoms with E-state index in [1.165, 1.54) is 6.26 Å². The van der Waals surface area contributed by atoms with Crippen molar-refractivity contribution in [3.05, 3.63) is 28.3 Å². The Morgan fingerprint density at radius 3 is 2.88 bits per heavy atom. The molecule has 0 spiro atoms. The van der Waals surface area contributed by atoms with E-state index in [1.54, 1.807) is 12.1 Å². The molecule has 1 heterocycles. The highest BCUT2D eigenvalue weighted by Crippen LogP contribution is 2.32. The molecule has 0 saturated heterocycles. The van der Waals surface area contributed by atoms with Crippen LogP contribution in [0.3, 0.4) is 0 Å². The predicted molar refractivity (Wildman–Crippen MR) is 60.3 cm³/mol. The third-order valence-corrected chi connectivity index (χ3v) is 3.22. The molecule has 0 fully saturated rings. The summed E-state index contributed by atoms with van der Waals surface area (Å²) in [6.07, 6.45) is 1.18. The zero-order valence-corrected chi connectivity index (χ0v) is 10.3. The van der Waals surface area contributed by atoms with E-state index in [2.05, 4.69) is 0 Å². The second-order valence-corrected chi connectivity index (χ2v) is 6.31. The van der Waals surface area contributed by atoms with Crippen LogP contribution in [0.1, 0.15) is 11.1 Å². The number of rotatable bonds is 2. The lowest BCUT2D eigenvalue weighted by molar-refractivity contribution is -0.0169. The van der Waals surface area contributed by atoms with Gasteiger partial charge in [-0.2, -0.15) is 0 Å². The number of hydrogen-bond donors (Lipinski definition) is 0.